The van der Waals surface area contributed by atoms with Crippen LogP contribution < -0.4 is 24.8 Å². The number of methoxy groups -OCH3 is 1. The third-order valence-electron chi connectivity index (χ3n) is 4.04. The van der Waals surface area contributed by atoms with Gasteiger partial charge in [-0.2, -0.15) is 0 Å². The van der Waals surface area contributed by atoms with Crippen LogP contribution >= 0.6 is 11.3 Å². The van der Waals surface area contributed by atoms with Crippen molar-refractivity contribution in [2.24, 2.45) is 0 Å². The number of nitrogens with zero attached hydrogens (tertiary/aromatic N) is 1. The number of nitrogens with one attached hydrogen (secondary N) is 2. The number of carbonyl (C=O) groups is 2. The van der Waals surface area contributed by atoms with Gasteiger partial charge in [0.1, 0.15) is 19.0 Å². The third kappa shape index (κ3) is 3.84. The van der Waals surface area contributed by atoms with Crippen molar-refractivity contribution in [1.29, 1.82) is 0 Å². The molecule has 3 aromatic rings. The lowest BCUT2D eigenvalue weighted by Gasteiger charge is -2.17. The topological polar surface area (TPSA) is 98.8 Å². The number of hydrogen-bond acceptors (Lipinski definition) is 7. The van der Waals surface area contributed by atoms with Crippen LogP contribution in [0.3, 0.4) is 0 Å². The van der Waals surface area contributed by atoms with Gasteiger partial charge in [-0.05, 0) is 18.2 Å². The van der Waals surface area contributed by atoms with Gasteiger partial charge in [0.15, 0.2) is 16.6 Å². The van der Waals surface area contributed by atoms with Gasteiger partial charge in [0.05, 0.1) is 23.9 Å². The highest BCUT2D eigenvalue weighted by Crippen LogP contribution is 2.37. The molecule has 1 aliphatic rings. The van der Waals surface area contributed by atoms with Crippen LogP contribution in [0.15, 0.2) is 36.4 Å². The number of ether oxygens (including phenoxy) is 3. The number of rotatable bonds is 5. The molecule has 0 radical (unpaired) electrons. The summed E-state index contributed by atoms with van der Waals surface area (Å²) in [4.78, 5) is 28.7. The van der Waals surface area contributed by atoms with Gasteiger partial charge in [0.2, 0.25) is 5.91 Å². The molecule has 4 rings (SSSR count). The minimum absolute atomic E-state index is 0.172. The molecule has 8 nitrogen and oxygen atoms in total. The minimum atomic E-state index is -0.368. The average Bonchev–Trinajstić information content (AvgIpc) is 3.11. The highest BCUT2D eigenvalue weighted by molar-refractivity contribution is 7.22. The minimum Gasteiger partial charge on any atom is -0.497 e. The van der Waals surface area contributed by atoms with Crippen LogP contribution in [-0.2, 0) is 4.79 Å². The Morgan fingerprint density at radius 3 is 2.75 bits per heavy atom. The molecule has 9 heteroatoms. The van der Waals surface area contributed by atoms with Gasteiger partial charge in [0.25, 0.3) is 5.91 Å². The maximum Gasteiger partial charge on any atom is 0.251 e. The van der Waals surface area contributed by atoms with Crippen LogP contribution in [0.5, 0.6) is 17.2 Å². The molecule has 28 heavy (non-hydrogen) atoms. The van der Waals surface area contributed by atoms with E-state index in [1.54, 1.807) is 30.3 Å². The van der Waals surface area contributed by atoms with Crippen molar-refractivity contribution in [2.45, 2.75) is 0 Å². The number of hydrogen-bond donors (Lipinski definition) is 2. The van der Waals surface area contributed by atoms with Gasteiger partial charge in [-0.3, -0.25) is 9.59 Å². The largest absolute Gasteiger partial charge is 0.497 e. The van der Waals surface area contributed by atoms with E-state index in [0.717, 1.165) is 4.70 Å². The summed E-state index contributed by atoms with van der Waals surface area (Å²) >= 11 is 1.33. The molecule has 0 saturated heterocycles. The van der Waals surface area contributed by atoms with Crippen molar-refractivity contribution in [1.82, 2.24) is 10.3 Å². The fraction of sp³-hybridized carbons (Fsp3) is 0.211. The maximum absolute atomic E-state index is 12.2. The zero-order valence-electron chi connectivity index (χ0n) is 15.0. The number of benzene rings is 2. The first-order valence-corrected chi connectivity index (χ1v) is 9.36. The van der Waals surface area contributed by atoms with Gasteiger partial charge in [-0.1, -0.05) is 17.4 Å². The van der Waals surface area contributed by atoms with E-state index in [1.807, 2.05) is 6.07 Å². The standard InChI is InChI=1S/C19H17N3O5S/c1-25-12-4-2-3-11(7-12)18(24)20-10-17(23)22-19-21-13-8-14-15(9-16(13)28-19)27-6-5-26-14/h2-4,7-9H,5-6,10H2,1H3,(H,20,24)(H,21,22,23). The van der Waals surface area contributed by atoms with E-state index in [9.17, 15) is 9.59 Å². The molecule has 0 bridgehead atoms. The first-order valence-electron chi connectivity index (χ1n) is 8.54. The molecule has 0 fully saturated rings. The second kappa shape index (κ2) is 7.73. The van der Waals surface area contributed by atoms with Crippen molar-refractivity contribution in [3.8, 4) is 17.2 Å². The first-order chi connectivity index (χ1) is 13.6. The summed E-state index contributed by atoms with van der Waals surface area (Å²) in [6.07, 6.45) is 0. The second-order valence-electron chi connectivity index (χ2n) is 5.95. The number of carbonyl (C=O) groups excluding carboxylic acids is 2. The lowest BCUT2D eigenvalue weighted by atomic mass is 10.2. The number of aromatic nitrogens is 1. The molecule has 1 aliphatic heterocycles. The van der Waals surface area contributed by atoms with Crippen LogP contribution in [-0.4, -0.2) is 43.7 Å². The van der Waals surface area contributed by atoms with Crippen LogP contribution in [0.1, 0.15) is 10.4 Å². The monoisotopic (exact) mass is 399 g/mol. The van der Waals surface area contributed by atoms with E-state index in [-0.39, 0.29) is 18.4 Å². The quantitative estimate of drug-likeness (QED) is 0.684. The highest BCUT2D eigenvalue weighted by atomic mass is 32.1. The molecule has 0 saturated carbocycles. The van der Waals surface area contributed by atoms with E-state index >= 15 is 0 Å². The van der Waals surface area contributed by atoms with Gasteiger partial charge >= 0.3 is 0 Å². The van der Waals surface area contributed by atoms with E-state index in [0.29, 0.717) is 46.7 Å². The Kier molecular flexibility index (Phi) is 4.98. The van der Waals surface area contributed by atoms with E-state index in [1.165, 1.54) is 18.4 Å². The number of thiazole rings is 1. The molecule has 0 unspecified atom stereocenters. The third-order valence-corrected chi connectivity index (χ3v) is 4.97. The molecule has 2 heterocycles. The number of fused-ring (bicyclic) bond motifs is 2. The van der Waals surface area contributed by atoms with Gasteiger partial charge in [-0.25, -0.2) is 4.98 Å². The summed E-state index contributed by atoms with van der Waals surface area (Å²) in [6.45, 7) is 0.835. The smallest absolute Gasteiger partial charge is 0.251 e. The predicted molar refractivity (Wildman–Crippen MR) is 105 cm³/mol. The van der Waals surface area contributed by atoms with Gasteiger partial charge < -0.3 is 24.8 Å². The predicted octanol–water partition coefficient (Wildman–Crippen LogP) is 2.44. The normalized spacial score (nSPS) is 12.5. The summed E-state index contributed by atoms with van der Waals surface area (Å²) in [7, 11) is 1.52. The Labute approximate surface area is 164 Å². The van der Waals surface area contributed by atoms with Crippen LogP contribution in [0.2, 0.25) is 0 Å². The lowest BCUT2D eigenvalue weighted by molar-refractivity contribution is -0.115. The summed E-state index contributed by atoms with van der Waals surface area (Å²) in [5.41, 5.74) is 1.13. The summed E-state index contributed by atoms with van der Waals surface area (Å²) in [6, 6.07) is 10.3. The fourth-order valence-electron chi connectivity index (χ4n) is 2.71. The average molecular weight is 399 g/mol. The number of anilines is 1. The zero-order chi connectivity index (χ0) is 19.5. The van der Waals surface area contributed by atoms with Crippen molar-refractivity contribution < 1.29 is 23.8 Å². The van der Waals surface area contributed by atoms with E-state index in [4.69, 9.17) is 14.2 Å². The Morgan fingerprint density at radius 1 is 1.18 bits per heavy atom. The molecular formula is C19H17N3O5S. The fourth-order valence-corrected chi connectivity index (χ4v) is 3.60. The summed E-state index contributed by atoms with van der Waals surface area (Å²) in [5.74, 6) is 1.16. The lowest BCUT2D eigenvalue weighted by Crippen LogP contribution is -2.32. The van der Waals surface area contributed by atoms with E-state index in [2.05, 4.69) is 15.6 Å². The van der Waals surface area contributed by atoms with Crippen LogP contribution in [0, 0.1) is 0 Å². The molecule has 144 valence electrons. The molecule has 1 aromatic heterocycles. The molecule has 2 aromatic carbocycles. The SMILES string of the molecule is COc1cccc(C(=O)NCC(=O)Nc2nc3cc4c(cc3s2)OCCO4)c1. The van der Waals surface area contributed by atoms with Gasteiger partial charge in [-0.15, -0.1) is 0 Å². The Hall–Kier alpha value is -3.33. The number of amides is 2. The Morgan fingerprint density at radius 2 is 1.96 bits per heavy atom. The van der Waals surface area contributed by atoms with Crippen molar-refractivity contribution in [2.75, 3.05) is 32.2 Å². The molecule has 2 N–H and O–H groups in total. The molecule has 0 spiro atoms. The Bertz CT molecular complexity index is 1010. The second-order valence-corrected chi connectivity index (χ2v) is 6.98. The van der Waals surface area contributed by atoms with Crippen molar-refractivity contribution in [3.05, 3.63) is 42.0 Å². The molecule has 2 amide bonds. The molecule has 0 atom stereocenters. The van der Waals surface area contributed by atoms with E-state index < -0.39 is 0 Å². The Balaban J connectivity index is 1.38. The maximum atomic E-state index is 12.2. The highest BCUT2D eigenvalue weighted by Gasteiger charge is 2.16. The molecular weight excluding hydrogens is 382 g/mol. The summed E-state index contributed by atoms with van der Waals surface area (Å²) in [5, 5.41) is 5.72. The van der Waals surface area contributed by atoms with Crippen LogP contribution in [0.4, 0.5) is 5.13 Å². The van der Waals surface area contributed by atoms with Gasteiger partial charge in [0, 0.05) is 17.7 Å². The zero-order valence-corrected chi connectivity index (χ0v) is 15.8. The van der Waals surface area contributed by atoms with Crippen molar-refractivity contribution >= 4 is 38.5 Å². The van der Waals surface area contributed by atoms with Crippen LogP contribution in [0.25, 0.3) is 10.2 Å². The van der Waals surface area contributed by atoms with Crippen molar-refractivity contribution in [3.63, 3.8) is 0 Å². The first kappa shape index (κ1) is 18.1. The molecule has 0 aliphatic carbocycles. The summed E-state index contributed by atoms with van der Waals surface area (Å²) < 4.78 is 17.1.